The van der Waals surface area contributed by atoms with Crippen LogP contribution in [0, 0.1) is 16.0 Å². The molecule has 0 radical (unpaired) electrons. The minimum absolute atomic E-state index is 0.0391. The Balaban J connectivity index is 2.89. The standard InChI is InChI=1S/C11H12BrClN2O3/c1-6(2)10(12)11(16)14-7-3-4-8(13)9(5-7)15(17)18/h3-6,10H,1-2H3,(H,14,16). The zero-order valence-electron chi connectivity index (χ0n) is 9.81. The van der Waals surface area contributed by atoms with E-state index in [-0.39, 0.29) is 27.4 Å². The van der Waals surface area contributed by atoms with Crippen LogP contribution in [0.4, 0.5) is 11.4 Å². The summed E-state index contributed by atoms with van der Waals surface area (Å²) < 4.78 is 0. The molecule has 0 heterocycles. The maximum Gasteiger partial charge on any atom is 0.289 e. The molecule has 0 aliphatic heterocycles. The van der Waals surface area contributed by atoms with Crippen LogP contribution in [0.3, 0.4) is 0 Å². The molecule has 1 aromatic carbocycles. The van der Waals surface area contributed by atoms with Gasteiger partial charge in [-0.05, 0) is 18.1 Å². The number of carbonyl (C=O) groups excluding carboxylic acids is 1. The second kappa shape index (κ2) is 6.15. The van der Waals surface area contributed by atoms with Crippen molar-refractivity contribution in [2.24, 2.45) is 5.92 Å². The van der Waals surface area contributed by atoms with Gasteiger partial charge in [-0.2, -0.15) is 0 Å². The Labute approximate surface area is 118 Å². The average Bonchev–Trinajstić information content (AvgIpc) is 2.29. The first-order chi connectivity index (χ1) is 8.32. The van der Waals surface area contributed by atoms with Crippen LogP contribution in [-0.4, -0.2) is 15.7 Å². The summed E-state index contributed by atoms with van der Waals surface area (Å²) in [5.41, 5.74) is 0.117. The van der Waals surface area contributed by atoms with Gasteiger partial charge in [-0.3, -0.25) is 14.9 Å². The first kappa shape index (κ1) is 14.9. The molecule has 7 heteroatoms. The quantitative estimate of drug-likeness (QED) is 0.519. The number of nitro groups is 1. The third-order valence-corrected chi connectivity index (χ3v) is 4.04. The maximum absolute atomic E-state index is 11.8. The molecule has 1 unspecified atom stereocenters. The van der Waals surface area contributed by atoms with E-state index in [1.54, 1.807) is 0 Å². The summed E-state index contributed by atoms with van der Waals surface area (Å²) >= 11 is 8.93. The lowest BCUT2D eigenvalue weighted by Crippen LogP contribution is -2.26. The van der Waals surface area contributed by atoms with Crippen LogP contribution < -0.4 is 5.32 Å². The van der Waals surface area contributed by atoms with Crippen molar-refractivity contribution in [3.8, 4) is 0 Å². The van der Waals surface area contributed by atoms with E-state index >= 15 is 0 Å². The number of halogens is 2. The third-order valence-electron chi connectivity index (χ3n) is 2.25. The molecule has 18 heavy (non-hydrogen) atoms. The topological polar surface area (TPSA) is 72.2 Å². The number of amides is 1. The first-order valence-corrected chi connectivity index (χ1v) is 6.51. The van der Waals surface area contributed by atoms with Crippen molar-refractivity contribution in [3.05, 3.63) is 33.3 Å². The Bertz CT molecular complexity index is 479. The van der Waals surface area contributed by atoms with Crippen LogP contribution in [0.15, 0.2) is 18.2 Å². The van der Waals surface area contributed by atoms with Crippen LogP contribution in [0.2, 0.25) is 5.02 Å². The smallest absolute Gasteiger partial charge is 0.289 e. The molecule has 5 nitrogen and oxygen atoms in total. The highest BCUT2D eigenvalue weighted by molar-refractivity contribution is 9.10. The molecule has 98 valence electrons. The van der Waals surface area contributed by atoms with Crippen molar-refractivity contribution in [1.82, 2.24) is 0 Å². The van der Waals surface area contributed by atoms with E-state index in [1.165, 1.54) is 18.2 Å². The molecule has 1 aromatic rings. The molecule has 1 atom stereocenters. The van der Waals surface area contributed by atoms with Crippen molar-refractivity contribution in [2.75, 3.05) is 5.32 Å². The minimum Gasteiger partial charge on any atom is -0.325 e. The van der Waals surface area contributed by atoms with Gasteiger partial charge in [0.25, 0.3) is 5.69 Å². The van der Waals surface area contributed by atoms with Gasteiger partial charge >= 0.3 is 0 Å². The van der Waals surface area contributed by atoms with E-state index in [0.29, 0.717) is 5.69 Å². The third kappa shape index (κ3) is 3.68. The first-order valence-electron chi connectivity index (χ1n) is 5.21. The zero-order chi connectivity index (χ0) is 13.9. The highest BCUT2D eigenvalue weighted by Crippen LogP contribution is 2.27. The summed E-state index contributed by atoms with van der Waals surface area (Å²) in [6, 6.07) is 4.14. The van der Waals surface area contributed by atoms with E-state index in [9.17, 15) is 14.9 Å². The van der Waals surface area contributed by atoms with Crippen molar-refractivity contribution in [1.29, 1.82) is 0 Å². The number of nitro benzene ring substituents is 1. The second-order valence-corrected chi connectivity index (χ2v) is 5.45. The van der Waals surface area contributed by atoms with Gasteiger partial charge in [-0.25, -0.2) is 0 Å². The molecule has 0 saturated heterocycles. The van der Waals surface area contributed by atoms with Gasteiger partial charge in [0.1, 0.15) is 5.02 Å². The molecule has 0 aliphatic rings. The number of nitrogens with one attached hydrogen (secondary N) is 1. The number of anilines is 1. The van der Waals surface area contributed by atoms with E-state index in [0.717, 1.165) is 0 Å². The van der Waals surface area contributed by atoms with Crippen molar-refractivity contribution in [3.63, 3.8) is 0 Å². The summed E-state index contributed by atoms with van der Waals surface area (Å²) in [4.78, 5) is 21.5. The highest BCUT2D eigenvalue weighted by Gasteiger charge is 2.20. The SMILES string of the molecule is CC(C)C(Br)C(=O)Nc1ccc(Cl)c([N+](=O)[O-])c1. The lowest BCUT2D eigenvalue weighted by atomic mass is 10.1. The van der Waals surface area contributed by atoms with Gasteiger partial charge in [0.15, 0.2) is 0 Å². The van der Waals surface area contributed by atoms with Gasteiger partial charge in [0.05, 0.1) is 9.75 Å². The molecule has 0 spiro atoms. The molecule has 1 rings (SSSR count). The molecule has 0 fully saturated rings. The summed E-state index contributed by atoms with van der Waals surface area (Å²) in [7, 11) is 0. The highest BCUT2D eigenvalue weighted by atomic mass is 79.9. The predicted octanol–water partition coefficient (Wildman–Crippen LogP) is 3.61. The molecular formula is C11H12BrClN2O3. The van der Waals surface area contributed by atoms with Crippen molar-refractivity contribution < 1.29 is 9.72 Å². The molecule has 0 bridgehead atoms. The van der Waals surface area contributed by atoms with Gasteiger partial charge in [-0.15, -0.1) is 0 Å². The predicted molar refractivity (Wildman–Crippen MR) is 74.3 cm³/mol. The van der Waals surface area contributed by atoms with E-state index in [2.05, 4.69) is 21.2 Å². The molecule has 0 saturated carbocycles. The number of nitrogens with zero attached hydrogens (tertiary/aromatic N) is 1. The molecule has 1 amide bonds. The molecule has 0 aliphatic carbocycles. The summed E-state index contributed by atoms with van der Waals surface area (Å²) in [6.45, 7) is 3.78. The molecule has 0 aromatic heterocycles. The summed E-state index contributed by atoms with van der Waals surface area (Å²) in [5.74, 6) is -0.131. The van der Waals surface area contributed by atoms with Gasteiger partial charge in [0, 0.05) is 11.8 Å². The van der Waals surface area contributed by atoms with Gasteiger partial charge < -0.3 is 5.32 Å². The van der Waals surface area contributed by atoms with Crippen LogP contribution >= 0.6 is 27.5 Å². The van der Waals surface area contributed by atoms with Crippen LogP contribution in [0.5, 0.6) is 0 Å². The number of hydrogen-bond donors (Lipinski definition) is 1. The number of carbonyl (C=O) groups is 1. The molecular weight excluding hydrogens is 323 g/mol. The van der Waals surface area contributed by atoms with E-state index in [1.807, 2.05) is 13.8 Å². The van der Waals surface area contributed by atoms with E-state index in [4.69, 9.17) is 11.6 Å². The fourth-order valence-electron chi connectivity index (χ4n) is 1.24. The number of alkyl halides is 1. The largest absolute Gasteiger partial charge is 0.325 e. The monoisotopic (exact) mass is 334 g/mol. The Morgan fingerprint density at radius 3 is 2.61 bits per heavy atom. The summed E-state index contributed by atoms with van der Waals surface area (Å²) in [6.07, 6.45) is 0. The number of hydrogen-bond acceptors (Lipinski definition) is 3. The van der Waals surface area contributed by atoms with E-state index < -0.39 is 4.92 Å². The second-order valence-electron chi connectivity index (χ2n) is 4.06. The van der Waals surface area contributed by atoms with Crippen molar-refractivity contribution in [2.45, 2.75) is 18.7 Å². The fraction of sp³-hybridized carbons (Fsp3) is 0.364. The van der Waals surface area contributed by atoms with Crippen LogP contribution in [-0.2, 0) is 4.79 Å². The Kier molecular flexibility index (Phi) is 5.10. The van der Waals surface area contributed by atoms with Gasteiger partial charge in [0.2, 0.25) is 5.91 Å². The lowest BCUT2D eigenvalue weighted by molar-refractivity contribution is -0.384. The number of benzene rings is 1. The van der Waals surface area contributed by atoms with Crippen molar-refractivity contribution >= 4 is 44.8 Å². The maximum atomic E-state index is 11.8. The van der Waals surface area contributed by atoms with Crippen LogP contribution in [0.25, 0.3) is 0 Å². The molecule has 1 N–H and O–H groups in total. The Hall–Kier alpha value is -1.14. The lowest BCUT2D eigenvalue weighted by Gasteiger charge is -2.13. The minimum atomic E-state index is -0.591. The zero-order valence-corrected chi connectivity index (χ0v) is 12.2. The average molecular weight is 336 g/mol. The van der Waals surface area contributed by atoms with Crippen LogP contribution in [0.1, 0.15) is 13.8 Å². The fourth-order valence-corrected chi connectivity index (χ4v) is 1.55. The summed E-state index contributed by atoms with van der Waals surface area (Å²) in [5, 5.41) is 13.3. The number of rotatable bonds is 4. The Morgan fingerprint density at radius 2 is 2.11 bits per heavy atom. The normalized spacial score (nSPS) is 12.3. The Morgan fingerprint density at radius 1 is 1.50 bits per heavy atom. The van der Waals surface area contributed by atoms with Gasteiger partial charge in [-0.1, -0.05) is 41.4 Å².